The summed E-state index contributed by atoms with van der Waals surface area (Å²) in [6.45, 7) is -0.205. The van der Waals surface area contributed by atoms with Crippen molar-refractivity contribution in [3.05, 3.63) is 65.7 Å². The second-order valence-electron chi connectivity index (χ2n) is 4.14. The molecular formula is C15H15NO3. The van der Waals surface area contributed by atoms with Crippen LogP contribution in [0.2, 0.25) is 0 Å². The van der Waals surface area contributed by atoms with Gasteiger partial charge in [-0.1, -0.05) is 42.5 Å². The Hall–Kier alpha value is -2.33. The van der Waals surface area contributed by atoms with Crippen LogP contribution in [0.25, 0.3) is 0 Å². The van der Waals surface area contributed by atoms with Crippen molar-refractivity contribution in [3.63, 3.8) is 0 Å². The van der Waals surface area contributed by atoms with Crippen LogP contribution >= 0.6 is 0 Å². The van der Waals surface area contributed by atoms with Crippen molar-refractivity contribution >= 4 is 5.91 Å². The summed E-state index contributed by atoms with van der Waals surface area (Å²) < 4.78 is 0. The maximum Gasteiger partial charge on any atom is 0.255 e. The molecular weight excluding hydrogens is 242 g/mol. The Kier molecular flexibility index (Phi) is 4.15. The highest BCUT2D eigenvalue weighted by Crippen LogP contribution is 2.18. The highest BCUT2D eigenvalue weighted by molar-refractivity contribution is 5.97. The molecule has 2 rings (SSSR count). The lowest BCUT2D eigenvalue weighted by atomic mass is 10.1. The zero-order chi connectivity index (χ0) is 13.7. The molecule has 3 N–H and O–H groups in total. The van der Waals surface area contributed by atoms with Gasteiger partial charge in [-0.25, -0.2) is 0 Å². The number of carbonyl (C=O) groups excluding carboxylic acids is 1. The Bertz CT molecular complexity index is 554. The molecule has 0 radical (unpaired) electrons. The van der Waals surface area contributed by atoms with E-state index in [9.17, 15) is 15.0 Å². The lowest BCUT2D eigenvalue weighted by Crippen LogP contribution is -2.30. The van der Waals surface area contributed by atoms with Crippen molar-refractivity contribution in [2.45, 2.75) is 6.04 Å². The number of amides is 1. The van der Waals surface area contributed by atoms with Crippen LogP contribution in [-0.2, 0) is 0 Å². The van der Waals surface area contributed by atoms with Gasteiger partial charge in [-0.3, -0.25) is 4.79 Å². The van der Waals surface area contributed by atoms with E-state index in [0.29, 0.717) is 0 Å². The Labute approximate surface area is 111 Å². The van der Waals surface area contributed by atoms with E-state index in [0.717, 1.165) is 5.56 Å². The number of rotatable bonds is 4. The lowest BCUT2D eigenvalue weighted by molar-refractivity contribution is 0.0913. The van der Waals surface area contributed by atoms with E-state index in [4.69, 9.17) is 0 Å². The van der Waals surface area contributed by atoms with E-state index in [1.807, 2.05) is 30.3 Å². The van der Waals surface area contributed by atoms with Gasteiger partial charge in [0.25, 0.3) is 5.91 Å². The average Bonchev–Trinajstić information content (AvgIpc) is 2.46. The molecule has 1 amide bonds. The Balaban J connectivity index is 2.16. The summed E-state index contributed by atoms with van der Waals surface area (Å²) in [6.07, 6.45) is 0. The molecule has 0 aromatic heterocycles. The van der Waals surface area contributed by atoms with Crippen LogP contribution in [0, 0.1) is 0 Å². The number of benzene rings is 2. The van der Waals surface area contributed by atoms with E-state index in [2.05, 4.69) is 5.32 Å². The number of carbonyl (C=O) groups is 1. The molecule has 0 bridgehead atoms. The number of nitrogens with one attached hydrogen (secondary N) is 1. The smallest absolute Gasteiger partial charge is 0.255 e. The van der Waals surface area contributed by atoms with E-state index in [1.54, 1.807) is 12.1 Å². The molecule has 0 aliphatic rings. The van der Waals surface area contributed by atoms with Gasteiger partial charge in [0.2, 0.25) is 0 Å². The zero-order valence-corrected chi connectivity index (χ0v) is 10.3. The normalized spacial score (nSPS) is 11.8. The molecule has 0 unspecified atom stereocenters. The van der Waals surface area contributed by atoms with Crippen LogP contribution in [0.5, 0.6) is 5.75 Å². The quantitative estimate of drug-likeness (QED) is 0.783. The fourth-order valence-electron chi connectivity index (χ4n) is 1.82. The molecule has 2 aromatic carbocycles. The molecule has 0 spiro atoms. The van der Waals surface area contributed by atoms with Crippen LogP contribution in [0.1, 0.15) is 22.0 Å². The highest BCUT2D eigenvalue weighted by Gasteiger charge is 2.16. The number of aromatic hydroxyl groups is 1. The number of phenols is 1. The second-order valence-corrected chi connectivity index (χ2v) is 4.14. The van der Waals surface area contributed by atoms with Crippen LogP contribution in [0.15, 0.2) is 54.6 Å². The maximum absolute atomic E-state index is 12.0. The van der Waals surface area contributed by atoms with Crippen molar-refractivity contribution in [3.8, 4) is 5.75 Å². The summed E-state index contributed by atoms with van der Waals surface area (Å²) >= 11 is 0. The molecule has 19 heavy (non-hydrogen) atoms. The fourth-order valence-corrected chi connectivity index (χ4v) is 1.82. The minimum atomic E-state index is -0.492. The zero-order valence-electron chi connectivity index (χ0n) is 10.3. The second kappa shape index (κ2) is 6.02. The third-order valence-corrected chi connectivity index (χ3v) is 2.84. The van der Waals surface area contributed by atoms with Crippen molar-refractivity contribution < 1.29 is 15.0 Å². The Morgan fingerprint density at radius 1 is 1.05 bits per heavy atom. The molecule has 0 heterocycles. The number of aliphatic hydroxyl groups is 1. The van der Waals surface area contributed by atoms with E-state index in [-0.39, 0.29) is 17.9 Å². The molecule has 4 heteroatoms. The monoisotopic (exact) mass is 257 g/mol. The van der Waals surface area contributed by atoms with Gasteiger partial charge < -0.3 is 15.5 Å². The van der Waals surface area contributed by atoms with Gasteiger partial charge in [0.15, 0.2) is 0 Å². The maximum atomic E-state index is 12.0. The van der Waals surface area contributed by atoms with Crippen LogP contribution in [0.4, 0.5) is 0 Å². The van der Waals surface area contributed by atoms with Crippen LogP contribution in [0.3, 0.4) is 0 Å². The summed E-state index contributed by atoms with van der Waals surface area (Å²) in [6, 6.07) is 15.0. The fraction of sp³-hybridized carbons (Fsp3) is 0.133. The first kappa shape index (κ1) is 13.1. The SMILES string of the molecule is O=C(N[C@@H](CO)c1ccccc1)c1ccccc1O. The summed E-state index contributed by atoms with van der Waals surface area (Å²) in [5.41, 5.74) is 1.01. The van der Waals surface area contributed by atoms with Gasteiger partial charge in [-0.2, -0.15) is 0 Å². The molecule has 2 aromatic rings. The molecule has 0 aliphatic carbocycles. The summed E-state index contributed by atoms with van der Waals surface area (Å²) in [5, 5.41) is 21.7. The number of para-hydroxylation sites is 1. The summed E-state index contributed by atoms with van der Waals surface area (Å²) in [4.78, 5) is 12.0. The Morgan fingerprint density at radius 2 is 1.68 bits per heavy atom. The first-order valence-corrected chi connectivity index (χ1v) is 5.97. The van der Waals surface area contributed by atoms with Crippen molar-refractivity contribution in [2.24, 2.45) is 0 Å². The van der Waals surface area contributed by atoms with Gasteiger partial charge in [0.05, 0.1) is 18.2 Å². The Morgan fingerprint density at radius 3 is 2.32 bits per heavy atom. The van der Waals surface area contributed by atoms with E-state index < -0.39 is 11.9 Å². The van der Waals surface area contributed by atoms with Crippen molar-refractivity contribution in [1.29, 1.82) is 0 Å². The molecule has 0 aliphatic heterocycles. The van der Waals surface area contributed by atoms with Crippen LogP contribution < -0.4 is 5.32 Å². The first-order chi connectivity index (χ1) is 9.22. The van der Waals surface area contributed by atoms with Crippen LogP contribution in [-0.4, -0.2) is 22.7 Å². The van der Waals surface area contributed by atoms with Gasteiger partial charge in [0.1, 0.15) is 5.75 Å². The van der Waals surface area contributed by atoms with E-state index in [1.165, 1.54) is 12.1 Å². The summed E-state index contributed by atoms with van der Waals surface area (Å²) in [5.74, 6) is -0.495. The average molecular weight is 257 g/mol. The molecule has 0 fully saturated rings. The van der Waals surface area contributed by atoms with Gasteiger partial charge in [-0.15, -0.1) is 0 Å². The van der Waals surface area contributed by atoms with Gasteiger partial charge in [-0.05, 0) is 17.7 Å². The standard InChI is InChI=1S/C15H15NO3/c17-10-13(11-6-2-1-3-7-11)16-15(19)12-8-4-5-9-14(12)18/h1-9,13,17-18H,10H2,(H,16,19)/t13-/m0/s1. The predicted octanol–water partition coefficient (Wildman–Crippen LogP) is 1.86. The van der Waals surface area contributed by atoms with Gasteiger partial charge >= 0.3 is 0 Å². The highest BCUT2D eigenvalue weighted by atomic mass is 16.3. The van der Waals surface area contributed by atoms with Crippen molar-refractivity contribution in [1.82, 2.24) is 5.32 Å². The predicted molar refractivity (Wildman–Crippen MR) is 71.8 cm³/mol. The third-order valence-electron chi connectivity index (χ3n) is 2.84. The lowest BCUT2D eigenvalue weighted by Gasteiger charge is -2.17. The molecule has 0 saturated heterocycles. The minimum Gasteiger partial charge on any atom is -0.507 e. The third kappa shape index (κ3) is 3.11. The largest absolute Gasteiger partial charge is 0.507 e. The topological polar surface area (TPSA) is 69.6 Å². The number of phenolic OH excluding ortho intramolecular Hbond substituents is 1. The summed E-state index contributed by atoms with van der Waals surface area (Å²) in [7, 11) is 0. The molecule has 4 nitrogen and oxygen atoms in total. The minimum absolute atomic E-state index is 0.0789. The molecule has 98 valence electrons. The van der Waals surface area contributed by atoms with Crippen molar-refractivity contribution in [2.75, 3.05) is 6.61 Å². The molecule has 0 saturated carbocycles. The number of aliphatic hydroxyl groups excluding tert-OH is 1. The first-order valence-electron chi connectivity index (χ1n) is 5.97. The number of hydrogen-bond acceptors (Lipinski definition) is 3. The molecule has 1 atom stereocenters. The number of hydrogen-bond donors (Lipinski definition) is 3. The van der Waals surface area contributed by atoms with Gasteiger partial charge in [0, 0.05) is 0 Å². The van der Waals surface area contributed by atoms with E-state index >= 15 is 0 Å².